The van der Waals surface area contributed by atoms with Gasteiger partial charge < -0.3 is 4.74 Å². The number of methoxy groups -OCH3 is 1. The molecule has 0 aliphatic heterocycles. The number of carbonyl (C=O) groups excluding carboxylic acids is 1. The molecule has 0 radical (unpaired) electrons. The molecule has 0 aliphatic carbocycles. The maximum atomic E-state index is 12.4. The first kappa shape index (κ1) is 15.5. The Labute approximate surface area is 127 Å². The molecule has 0 saturated carbocycles. The average Bonchev–Trinajstić information content (AvgIpc) is 2.84. The second kappa shape index (κ2) is 5.87. The Bertz CT molecular complexity index is 758. The summed E-state index contributed by atoms with van der Waals surface area (Å²) in [6.45, 7) is 3.66. The minimum atomic E-state index is -3.74. The van der Waals surface area contributed by atoms with Crippen molar-refractivity contribution in [1.82, 2.24) is 0 Å². The van der Waals surface area contributed by atoms with E-state index in [4.69, 9.17) is 0 Å². The van der Waals surface area contributed by atoms with Crippen LogP contribution in [0.4, 0.5) is 5.69 Å². The van der Waals surface area contributed by atoms with Crippen LogP contribution < -0.4 is 4.72 Å². The number of aryl methyl sites for hydroxylation is 2. The lowest BCUT2D eigenvalue weighted by atomic mass is 10.2. The molecule has 1 aromatic carbocycles. The Hall–Kier alpha value is -1.86. The van der Waals surface area contributed by atoms with E-state index in [0.29, 0.717) is 0 Å². The van der Waals surface area contributed by atoms with Gasteiger partial charge >= 0.3 is 5.97 Å². The van der Waals surface area contributed by atoms with E-state index in [1.807, 2.05) is 19.9 Å². The number of anilines is 1. The number of hydrogen-bond donors (Lipinski definition) is 1. The van der Waals surface area contributed by atoms with Gasteiger partial charge in [-0.3, -0.25) is 4.72 Å². The van der Waals surface area contributed by atoms with Gasteiger partial charge in [-0.05, 0) is 48.6 Å². The van der Waals surface area contributed by atoms with Gasteiger partial charge in [-0.2, -0.15) is 0 Å². The summed E-state index contributed by atoms with van der Waals surface area (Å²) < 4.78 is 31.9. The Morgan fingerprint density at radius 2 is 1.81 bits per heavy atom. The summed E-state index contributed by atoms with van der Waals surface area (Å²) >= 11 is 1.12. The van der Waals surface area contributed by atoms with Crippen LogP contribution in [0, 0.1) is 13.8 Å². The number of carbonyl (C=O) groups is 1. The van der Waals surface area contributed by atoms with E-state index >= 15 is 0 Å². The van der Waals surface area contributed by atoms with Crippen molar-refractivity contribution < 1.29 is 17.9 Å². The van der Waals surface area contributed by atoms with Crippen LogP contribution in [0.2, 0.25) is 0 Å². The highest BCUT2D eigenvalue weighted by Gasteiger charge is 2.20. The third kappa shape index (κ3) is 3.43. The first-order chi connectivity index (χ1) is 9.83. The van der Waals surface area contributed by atoms with Gasteiger partial charge in [0.25, 0.3) is 10.0 Å². The molecule has 112 valence electrons. The van der Waals surface area contributed by atoms with Gasteiger partial charge in [0.15, 0.2) is 0 Å². The highest BCUT2D eigenvalue weighted by molar-refractivity contribution is 7.92. The summed E-state index contributed by atoms with van der Waals surface area (Å²) in [5.74, 6) is -0.567. The molecular formula is C14H15NO4S2. The fourth-order valence-corrected chi connectivity index (χ4v) is 4.02. The van der Waals surface area contributed by atoms with Gasteiger partial charge in [-0.15, -0.1) is 11.3 Å². The van der Waals surface area contributed by atoms with Crippen molar-refractivity contribution >= 4 is 33.0 Å². The molecule has 0 amide bonds. The van der Waals surface area contributed by atoms with Crippen molar-refractivity contribution in [3.05, 3.63) is 45.6 Å². The van der Waals surface area contributed by atoms with Crippen molar-refractivity contribution in [2.45, 2.75) is 18.7 Å². The molecule has 0 unspecified atom stereocenters. The number of ether oxygens (including phenoxy) is 1. The Balaban J connectivity index is 2.38. The first-order valence-corrected chi connectivity index (χ1v) is 8.46. The molecule has 7 heteroatoms. The van der Waals surface area contributed by atoms with Crippen LogP contribution in [0.5, 0.6) is 0 Å². The molecule has 0 spiro atoms. The number of benzene rings is 1. The van der Waals surface area contributed by atoms with E-state index < -0.39 is 16.0 Å². The second-order valence-corrected chi connectivity index (χ2v) is 7.18. The smallest absolute Gasteiger partial charge is 0.350 e. The molecule has 2 rings (SSSR count). The van der Waals surface area contributed by atoms with Crippen LogP contribution in [0.15, 0.2) is 34.5 Å². The van der Waals surface area contributed by atoms with Crippen LogP contribution in [-0.2, 0) is 14.8 Å². The van der Waals surface area contributed by atoms with Crippen molar-refractivity contribution in [3.8, 4) is 0 Å². The molecule has 5 nitrogen and oxygen atoms in total. The topological polar surface area (TPSA) is 72.5 Å². The minimum absolute atomic E-state index is 0.169. The lowest BCUT2D eigenvalue weighted by molar-refractivity contribution is 0.0607. The molecule has 1 aromatic heterocycles. The molecule has 1 heterocycles. The van der Waals surface area contributed by atoms with E-state index in [2.05, 4.69) is 9.46 Å². The summed E-state index contributed by atoms with van der Waals surface area (Å²) in [6, 6.07) is 6.60. The molecule has 2 aromatic rings. The lowest BCUT2D eigenvalue weighted by Gasteiger charge is -2.09. The zero-order chi connectivity index (χ0) is 15.6. The van der Waals surface area contributed by atoms with Gasteiger partial charge in [0.05, 0.1) is 17.7 Å². The van der Waals surface area contributed by atoms with Crippen LogP contribution in [0.1, 0.15) is 20.8 Å². The van der Waals surface area contributed by atoms with Crippen LogP contribution in [0.25, 0.3) is 0 Å². The van der Waals surface area contributed by atoms with Crippen LogP contribution >= 0.6 is 11.3 Å². The Kier molecular flexibility index (Phi) is 4.34. The largest absolute Gasteiger partial charge is 0.465 e. The summed E-state index contributed by atoms with van der Waals surface area (Å²) in [4.78, 5) is 12.0. The number of rotatable bonds is 4. The number of nitrogens with one attached hydrogen (secondary N) is 1. The quantitative estimate of drug-likeness (QED) is 0.877. The third-order valence-corrected chi connectivity index (χ3v) is 5.03. The minimum Gasteiger partial charge on any atom is -0.465 e. The molecule has 0 bridgehead atoms. The molecule has 0 atom stereocenters. The maximum Gasteiger partial charge on any atom is 0.350 e. The van der Waals surface area contributed by atoms with Crippen molar-refractivity contribution in [3.63, 3.8) is 0 Å². The second-order valence-electron chi connectivity index (χ2n) is 4.58. The summed E-state index contributed by atoms with van der Waals surface area (Å²) in [5, 5.41) is 1.63. The number of sulfonamides is 1. The van der Waals surface area contributed by atoms with E-state index in [9.17, 15) is 13.2 Å². The standard InChI is InChI=1S/C14H15NO4S2/c1-9-6-10(2)8-11(7-9)21(17,18)15-12-4-5-20-13(12)14(16)19-3/h4-8,15H,1-3H3. The lowest BCUT2D eigenvalue weighted by Crippen LogP contribution is -2.15. The molecule has 21 heavy (non-hydrogen) atoms. The highest BCUT2D eigenvalue weighted by atomic mass is 32.2. The number of hydrogen-bond acceptors (Lipinski definition) is 5. The molecule has 0 saturated heterocycles. The Morgan fingerprint density at radius 3 is 2.38 bits per heavy atom. The fourth-order valence-electron chi connectivity index (χ4n) is 1.93. The normalized spacial score (nSPS) is 11.2. The number of thiophene rings is 1. The molecule has 1 N–H and O–H groups in total. The third-order valence-electron chi connectivity index (χ3n) is 2.79. The van der Waals surface area contributed by atoms with Crippen molar-refractivity contribution in [1.29, 1.82) is 0 Å². The highest BCUT2D eigenvalue weighted by Crippen LogP contribution is 2.26. The predicted octanol–water partition coefficient (Wildman–Crippen LogP) is 2.95. The molecule has 0 fully saturated rings. The van der Waals surface area contributed by atoms with Gasteiger partial charge in [0.2, 0.25) is 0 Å². The summed E-state index contributed by atoms with van der Waals surface area (Å²) in [7, 11) is -2.49. The zero-order valence-electron chi connectivity index (χ0n) is 11.8. The maximum absolute atomic E-state index is 12.4. The van der Waals surface area contributed by atoms with E-state index in [1.54, 1.807) is 17.5 Å². The van der Waals surface area contributed by atoms with E-state index in [1.165, 1.54) is 13.2 Å². The van der Waals surface area contributed by atoms with Gasteiger partial charge in [-0.25, -0.2) is 13.2 Å². The van der Waals surface area contributed by atoms with E-state index in [0.717, 1.165) is 22.5 Å². The van der Waals surface area contributed by atoms with Gasteiger partial charge in [0.1, 0.15) is 4.88 Å². The fraction of sp³-hybridized carbons (Fsp3) is 0.214. The molecular weight excluding hydrogens is 310 g/mol. The van der Waals surface area contributed by atoms with E-state index in [-0.39, 0.29) is 15.5 Å². The summed E-state index contributed by atoms with van der Waals surface area (Å²) in [5.41, 5.74) is 1.94. The first-order valence-electron chi connectivity index (χ1n) is 6.10. The predicted molar refractivity (Wildman–Crippen MR) is 82.4 cm³/mol. The SMILES string of the molecule is COC(=O)c1sccc1NS(=O)(=O)c1cc(C)cc(C)c1. The van der Waals surface area contributed by atoms with Gasteiger partial charge in [-0.1, -0.05) is 6.07 Å². The monoisotopic (exact) mass is 325 g/mol. The van der Waals surface area contributed by atoms with Gasteiger partial charge in [0, 0.05) is 0 Å². The summed E-state index contributed by atoms with van der Waals surface area (Å²) in [6.07, 6.45) is 0. The average molecular weight is 325 g/mol. The Morgan fingerprint density at radius 1 is 1.19 bits per heavy atom. The molecule has 0 aliphatic rings. The van der Waals surface area contributed by atoms with Crippen molar-refractivity contribution in [2.75, 3.05) is 11.8 Å². The van der Waals surface area contributed by atoms with Crippen molar-refractivity contribution in [2.24, 2.45) is 0 Å². The zero-order valence-corrected chi connectivity index (χ0v) is 13.5. The number of esters is 1. The van der Waals surface area contributed by atoms with Crippen LogP contribution in [0.3, 0.4) is 0 Å². The van der Waals surface area contributed by atoms with Crippen LogP contribution in [-0.4, -0.2) is 21.5 Å².